The number of ether oxygens (including phenoxy) is 1. The van der Waals surface area contributed by atoms with Crippen molar-refractivity contribution in [3.8, 4) is 17.6 Å². The van der Waals surface area contributed by atoms with Gasteiger partial charge in [-0.25, -0.2) is 8.78 Å². The molecule has 0 heterocycles. The molecule has 3 rings (SSSR count). The van der Waals surface area contributed by atoms with E-state index in [1.807, 2.05) is 0 Å². The molecule has 45 heavy (non-hydrogen) atoms. The first-order valence-electron chi connectivity index (χ1n) is 13.3. The van der Waals surface area contributed by atoms with Crippen LogP contribution in [-0.2, 0) is 15.8 Å². The number of carbonyl (C=O) groups is 3. The Hall–Kier alpha value is -4.47. The van der Waals surface area contributed by atoms with Crippen LogP contribution in [0.3, 0.4) is 0 Å². The second kappa shape index (κ2) is 14.1. The normalized spacial score (nSPS) is 11.5. The summed E-state index contributed by atoms with van der Waals surface area (Å²) in [5.74, 6) is 1.34. The van der Waals surface area contributed by atoms with E-state index in [1.165, 1.54) is 31.2 Å². The average molecular weight is 650 g/mol. The van der Waals surface area contributed by atoms with Gasteiger partial charge in [0.2, 0.25) is 5.91 Å². The summed E-state index contributed by atoms with van der Waals surface area (Å²) in [7, 11) is 3.49. The van der Waals surface area contributed by atoms with E-state index in [1.54, 1.807) is 32.8 Å². The zero-order chi connectivity index (χ0) is 33.7. The maximum absolute atomic E-state index is 15.1. The maximum Gasteiger partial charge on any atom is 0.416 e. The molecule has 0 atom stereocenters. The zero-order valence-corrected chi connectivity index (χ0v) is 25.6. The van der Waals surface area contributed by atoms with Gasteiger partial charge in [-0.1, -0.05) is 23.4 Å². The monoisotopic (exact) mass is 649 g/mol. The molecule has 2 amide bonds. The van der Waals surface area contributed by atoms with E-state index in [0.29, 0.717) is 12.1 Å². The number of likely N-dealkylation sites (N-methyl/N-ethyl adjacent to an activating group) is 1. The van der Waals surface area contributed by atoms with Gasteiger partial charge >= 0.3 is 6.18 Å². The molecule has 0 aliphatic rings. The number of anilines is 1. The molecule has 0 saturated heterocycles. The van der Waals surface area contributed by atoms with Crippen molar-refractivity contribution >= 4 is 34.9 Å². The highest BCUT2D eigenvalue weighted by Crippen LogP contribution is 2.32. The number of amides is 2. The lowest BCUT2D eigenvalue weighted by Crippen LogP contribution is -2.45. The molecule has 0 saturated carbocycles. The van der Waals surface area contributed by atoms with Crippen LogP contribution >= 0.6 is 11.6 Å². The van der Waals surface area contributed by atoms with Gasteiger partial charge in [-0.3, -0.25) is 14.4 Å². The number of benzene rings is 3. The molecule has 7 nitrogen and oxygen atoms in total. The van der Waals surface area contributed by atoms with Crippen molar-refractivity contribution in [3.63, 3.8) is 0 Å². The second-order valence-electron chi connectivity index (χ2n) is 10.8. The molecule has 2 N–H and O–H groups in total. The molecular weight excluding hydrogens is 621 g/mol. The van der Waals surface area contributed by atoms with Crippen LogP contribution in [0.2, 0.25) is 5.02 Å². The van der Waals surface area contributed by atoms with Gasteiger partial charge in [0.05, 0.1) is 28.8 Å². The van der Waals surface area contributed by atoms with Gasteiger partial charge in [-0.15, -0.1) is 0 Å². The molecule has 0 spiro atoms. The summed E-state index contributed by atoms with van der Waals surface area (Å²) in [5, 5.41) is 5.28. The molecule has 0 bridgehead atoms. The Morgan fingerprint density at radius 1 is 0.978 bits per heavy atom. The molecule has 238 valence electrons. The van der Waals surface area contributed by atoms with Crippen molar-refractivity contribution < 1.29 is 41.1 Å². The summed E-state index contributed by atoms with van der Waals surface area (Å²) in [6.45, 7) is 4.24. The van der Waals surface area contributed by atoms with Crippen LogP contribution in [0.5, 0.6) is 5.75 Å². The molecular formula is C32H29ClF5N3O4. The molecule has 0 aromatic heterocycles. The molecule has 3 aromatic carbocycles. The highest BCUT2D eigenvalue weighted by atomic mass is 35.5. The lowest BCUT2D eigenvalue weighted by atomic mass is 10.00. The first-order chi connectivity index (χ1) is 20.9. The largest absolute Gasteiger partial charge is 0.483 e. The van der Waals surface area contributed by atoms with Gasteiger partial charge in [0.1, 0.15) is 17.4 Å². The maximum atomic E-state index is 15.1. The molecule has 0 aliphatic carbocycles. The van der Waals surface area contributed by atoms with E-state index in [2.05, 4.69) is 22.5 Å². The molecule has 0 unspecified atom stereocenters. The summed E-state index contributed by atoms with van der Waals surface area (Å²) >= 11 is 5.98. The third-order valence-electron chi connectivity index (χ3n) is 6.11. The summed E-state index contributed by atoms with van der Waals surface area (Å²) in [6, 6.07) is 7.85. The standard InChI is InChI=1S/C32H29ClF5N3O4/c1-18-25(8-6-19(29(18)35)10-11-31(2,3)40-27(42)16-41(4)5)39-28(43)17-45-26-9-7-22(33)15-24(26)30(44)20-12-21(32(36,37)38)14-23(34)13-20/h6-9,12-15H,16-17H2,1-5H3,(H,39,43)(H,40,42). The van der Waals surface area contributed by atoms with Crippen LogP contribution in [0.15, 0.2) is 48.5 Å². The van der Waals surface area contributed by atoms with E-state index in [9.17, 15) is 31.9 Å². The highest BCUT2D eigenvalue weighted by Gasteiger charge is 2.32. The van der Waals surface area contributed by atoms with Crippen LogP contribution in [0.1, 0.15) is 46.5 Å². The smallest absolute Gasteiger partial charge is 0.416 e. The number of ketones is 1. The van der Waals surface area contributed by atoms with E-state index in [-0.39, 0.29) is 51.7 Å². The SMILES string of the molecule is Cc1c(NC(=O)COc2ccc(Cl)cc2C(=O)c2cc(F)cc(C(F)(F)F)c2)ccc(C#CC(C)(C)NC(=O)CN(C)C)c1F. The zero-order valence-electron chi connectivity index (χ0n) is 24.9. The van der Waals surface area contributed by atoms with Crippen molar-refractivity contribution in [1.29, 1.82) is 0 Å². The predicted octanol–water partition coefficient (Wildman–Crippen LogP) is 6.00. The minimum Gasteiger partial charge on any atom is -0.483 e. The third kappa shape index (κ3) is 9.76. The third-order valence-corrected chi connectivity index (χ3v) is 6.35. The molecule has 3 aromatic rings. The van der Waals surface area contributed by atoms with E-state index < -0.39 is 52.8 Å². The van der Waals surface area contributed by atoms with Crippen molar-refractivity contribution in [1.82, 2.24) is 10.2 Å². The van der Waals surface area contributed by atoms with Crippen LogP contribution in [0.25, 0.3) is 0 Å². The van der Waals surface area contributed by atoms with Crippen molar-refractivity contribution in [2.45, 2.75) is 32.5 Å². The molecule has 0 fully saturated rings. The Bertz CT molecular complexity index is 1690. The van der Waals surface area contributed by atoms with Crippen LogP contribution in [0, 0.1) is 30.4 Å². The fourth-order valence-electron chi connectivity index (χ4n) is 4.02. The van der Waals surface area contributed by atoms with Crippen molar-refractivity contribution in [2.75, 3.05) is 32.6 Å². The minimum absolute atomic E-state index is 0.0343. The number of halogens is 6. The Kier molecular flexibility index (Phi) is 11.0. The number of alkyl halides is 3. The Morgan fingerprint density at radius 3 is 2.31 bits per heavy atom. The lowest BCUT2D eigenvalue weighted by Gasteiger charge is -2.21. The average Bonchev–Trinajstić information content (AvgIpc) is 2.92. The van der Waals surface area contributed by atoms with E-state index >= 15 is 4.39 Å². The molecule has 0 aliphatic heterocycles. The summed E-state index contributed by atoms with van der Waals surface area (Å²) < 4.78 is 74.0. The second-order valence-corrected chi connectivity index (χ2v) is 11.2. The van der Waals surface area contributed by atoms with Gasteiger partial charge in [0, 0.05) is 21.8 Å². The first kappa shape index (κ1) is 35.0. The summed E-state index contributed by atoms with van der Waals surface area (Å²) in [6.07, 6.45) is -4.90. The number of nitrogens with one attached hydrogen (secondary N) is 2. The fourth-order valence-corrected chi connectivity index (χ4v) is 4.19. The number of carbonyl (C=O) groups excluding carboxylic acids is 3. The summed E-state index contributed by atoms with van der Waals surface area (Å²) in [5.41, 5.74) is -3.01. The lowest BCUT2D eigenvalue weighted by molar-refractivity contribution is -0.137. The predicted molar refractivity (Wildman–Crippen MR) is 159 cm³/mol. The Labute approximate surface area is 261 Å². The Balaban J connectivity index is 1.74. The van der Waals surface area contributed by atoms with Crippen molar-refractivity contribution in [3.05, 3.63) is 93.0 Å². The minimum atomic E-state index is -4.90. The van der Waals surface area contributed by atoms with E-state index in [0.717, 1.165) is 6.07 Å². The van der Waals surface area contributed by atoms with E-state index in [4.69, 9.17) is 16.3 Å². The molecule has 13 heteroatoms. The van der Waals surface area contributed by atoms with Crippen LogP contribution in [-0.4, -0.2) is 55.3 Å². The first-order valence-corrected chi connectivity index (χ1v) is 13.7. The topological polar surface area (TPSA) is 87.7 Å². The van der Waals surface area contributed by atoms with Crippen LogP contribution < -0.4 is 15.4 Å². The highest BCUT2D eigenvalue weighted by molar-refractivity contribution is 6.31. The van der Waals surface area contributed by atoms with Crippen LogP contribution in [0.4, 0.5) is 27.6 Å². The number of hydrogen-bond acceptors (Lipinski definition) is 5. The quantitative estimate of drug-likeness (QED) is 0.169. The van der Waals surface area contributed by atoms with Gasteiger partial charge in [-0.05, 0) is 83.4 Å². The Morgan fingerprint density at radius 2 is 1.67 bits per heavy atom. The molecule has 0 radical (unpaired) electrons. The van der Waals surface area contributed by atoms with Gasteiger partial charge < -0.3 is 20.3 Å². The van der Waals surface area contributed by atoms with Crippen molar-refractivity contribution in [2.24, 2.45) is 0 Å². The van der Waals surface area contributed by atoms with Gasteiger partial charge in [0.25, 0.3) is 5.91 Å². The summed E-state index contributed by atoms with van der Waals surface area (Å²) in [4.78, 5) is 39.5. The number of rotatable bonds is 9. The number of nitrogens with zero attached hydrogens (tertiary/aromatic N) is 1. The van der Waals surface area contributed by atoms with Gasteiger partial charge in [-0.2, -0.15) is 13.2 Å². The number of hydrogen-bond donors (Lipinski definition) is 2. The fraction of sp³-hybridized carbons (Fsp3) is 0.281. The van der Waals surface area contributed by atoms with Gasteiger partial charge in [0.15, 0.2) is 12.4 Å².